The molecule has 33 heavy (non-hydrogen) atoms. The van der Waals surface area contributed by atoms with E-state index < -0.39 is 18.2 Å². The van der Waals surface area contributed by atoms with Crippen LogP contribution >= 0.6 is 0 Å². The summed E-state index contributed by atoms with van der Waals surface area (Å²) in [6.07, 6.45) is 0.311. The zero-order valence-corrected chi connectivity index (χ0v) is 18.3. The number of nitrogens with zero attached hydrogens (tertiary/aromatic N) is 1. The van der Waals surface area contributed by atoms with Crippen molar-refractivity contribution in [1.82, 2.24) is 10.2 Å². The number of benzene rings is 2. The third-order valence-electron chi connectivity index (χ3n) is 5.97. The molecule has 2 aromatic rings. The average molecular weight is 453 g/mol. The van der Waals surface area contributed by atoms with Crippen molar-refractivity contribution in [1.29, 1.82) is 0 Å². The molecule has 2 heterocycles. The van der Waals surface area contributed by atoms with Crippen LogP contribution in [0.1, 0.15) is 35.2 Å². The Bertz CT molecular complexity index is 1030. The third-order valence-corrected chi connectivity index (χ3v) is 5.97. The van der Waals surface area contributed by atoms with Gasteiger partial charge in [-0.05, 0) is 36.6 Å². The maximum Gasteiger partial charge on any atom is 0.319 e. The Morgan fingerprint density at radius 2 is 1.94 bits per heavy atom. The van der Waals surface area contributed by atoms with Gasteiger partial charge in [-0.3, -0.25) is 9.59 Å². The lowest BCUT2D eigenvalue weighted by Crippen LogP contribution is -2.53. The number of carbonyl (C=O) groups excluding carboxylic acids is 2. The van der Waals surface area contributed by atoms with Gasteiger partial charge in [0.1, 0.15) is 18.5 Å². The third kappa shape index (κ3) is 5.43. The monoisotopic (exact) mass is 453 g/mol. The van der Waals surface area contributed by atoms with Gasteiger partial charge in [0, 0.05) is 19.3 Å². The molecule has 2 aliphatic heterocycles. The first-order valence-electron chi connectivity index (χ1n) is 10.9. The predicted octanol–water partition coefficient (Wildman–Crippen LogP) is 2.86. The van der Waals surface area contributed by atoms with Gasteiger partial charge >= 0.3 is 12.0 Å². The van der Waals surface area contributed by atoms with Crippen molar-refractivity contribution in [2.24, 2.45) is 0 Å². The highest BCUT2D eigenvalue weighted by atomic mass is 16.5. The second-order valence-electron chi connectivity index (χ2n) is 8.27. The number of urea groups is 1. The maximum absolute atomic E-state index is 13.2. The average Bonchev–Trinajstić information content (AvgIpc) is 2.81. The van der Waals surface area contributed by atoms with Crippen LogP contribution in [0.3, 0.4) is 0 Å². The fourth-order valence-electron chi connectivity index (χ4n) is 4.25. The standard InChI is InChI=1S/C24H27N3O6/c1-27-19-9-8-17(12-22(28)29)33-21(19)14-32-20-10-7-16(11-18(20)23(27)30)26-24(31)25-13-15-5-3-2-4-6-15/h2-7,10-11,17,19,21H,8-9,12-14H2,1H3,(H,28,29)(H2,25,26,31)/t17-,19-,21+/m0/s1. The molecule has 1 fully saturated rings. The van der Waals surface area contributed by atoms with Gasteiger partial charge in [0.2, 0.25) is 0 Å². The lowest BCUT2D eigenvalue weighted by Gasteiger charge is -2.42. The van der Waals surface area contributed by atoms with Crippen LogP contribution in [0.15, 0.2) is 48.5 Å². The Morgan fingerprint density at radius 3 is 2.70 bits per heavy atom. The summed E-state index contributed by atoms with van der Waals surface area (Å²) in [5, 5.41) is 14.6. The highest BCUT2D eigenvalue weighted by molar-refractivity contribution is 5.99. The Hall–Kier alpha value is -3.59. The first-order valence-corrected chi connectivity index (χ1v) is 10.9. The van der Waals surface area contributed by atoms with Crippen molar-refractivity contribution in [3.63, 3.8) is 0 Å². The summed E-state index contributed by atoms with van der Waals surface area (Å²) < 4.78 is 11.8. The number of rotatable bonds is 5. The van der Waals surface area contributed by atoms with Gasteiger partial charge in [0.15, 0.2) is 0 Å². The fourth-order valence-corrected chi connectivity index (χ4v) is 4.25. The Labute approximate surface area is 191 Å². The molecule has 3 atom stereocenters. The molecule has 0 aromatic heterocycles. The number of carboxylic acid groups (broad SMARTS) is 1. The van der Waals surface area contributed by atoms with Gasteiger partial charge in [-0.15, -0.1) is 0 Å². The van der Waals surface area contributed by atoms with Gasteiger partial charge in [-0.1, -0.05) is 30.3 Å². The highest BCUT2D eigenvalue weighted by Gasteiger charge is 2.39. The SMILES string of the molecule is CN1C(=O)c2cc(NC(=O)NCc3ccccc3)ccc2OC[C@H]2O[C@H](CC(=O)O)CC[C@@H]21. The smallest absolute Gasteiger partial charge is 0.319 e. The number of hydrogen-bond acceptors (Lipinski definition) is 5. The summed E-state index contributed by atoms with van der Waals surface area (Å²) in [7, 11) is 1.71. The molecule has 3 amide bonds. The summed E-state index contributed by atoms with van der Waals surface area (Å²) in [5.41, 5.74) is 1.80. The van der Waals surface area contributed by atoms with Crippen LogP contribution in [0.2, 0.25) is 0 Å². The Kier molecular flexibility index (Phi) is 6.79. The van der Waals surface area contributed by atoms with E-state index in [0.29, 0.717) is 36.4 Å². The van der Waals surface area contributed by atoms with Crippen molar-refractivity contribution in [3.05, 3.63) is 59.7 Å². The van der Waals surface area contributed by atoms with Gasteiger partial charge in [0.05, 0.1) is 24.1 Å². The van der Waals surface area contributed by atoms with E-state index in [1.54, 1.807) is 30.1 Å². The van der Waals surface area contributed by atoms with Crippen molar-refractivity contribution in [2.45, 2.75) is 44.1 Å². The molecule has 4 rings (SSSR count). The number of aliphatic carboxylic acids is 1. The van der Waals surface area contributed by atoms with Crippen molar-refractivity contribution in [3.8, 4) is 5.75 Å². The van der Waals surface area contributed by atoms with E-state index in [1.165, 1.54) is 0 Å². The summed E-state index contributed by atoms with van der Waals surface area (Å²) in [4.78, 5) is 38.2. The van der Waals surface area contributed by atoms with E-state index in [1.807, 2.05) is 30.3 Å². The molecule has 0 spiro atoms. The molecule has 0 aliphatic carbocycles. The van der Waals surface area contributed by atoms with Crippen LogP contribution in [0, 0.1) is 0 Å². The van der Waals surface area contributed by atoms with Crippen molar-refractivity contribution < 1.29 is 29.0 Å². The molecule has 3 N–H and O–H groups in total. The number of carboxylic acids is 1. The lowest BCUT2D eigenvalue weighted by molar-refractivity contribution is -0.148. The molecule has 174 valence electrons. The summed E-state index contributed by atoms with van der Waals surface area (Å²) in [6, 6.07) is 13.9. The van der Waals surface area contributed by atoms with E-state index in [0.717, 1.165) is 5.56 Å². The van der Waals surface area contributed by atoms with Gasteiger partial charge in [-0.25, -0.2) is 4.79 Å². The van der Waals surface area contributed by atoms with Crippen LogP contribution in [-0.4, -0.2) is 59.8 Å². The van der Waals surface area contributed by atoms with E-state index in [4.69, 9.17) is 14.6 Å². The van der Waals surface area contributed by atoms with E-state index in [2.05, 4.69) is 10.6 Å². The summed E-state index contributed by atoms with van der Waals surface area (Å²) in [5.74, 6) is -0.759. The normalized spacial score (nSPS) is 22.2. The highest BCUT2D eigenvalue weighted by Crippen LogP contribution is 2.32. The fraction of sp³-hybridized carbons (Fsp3) is 0.375. The van der Waals surface area contributed by atoms with E-state index in [9.17, 15) is 14.4 Å². The van der Waals surface area contributed by atoms with Gasteiger partial charge in [0.25, 0.3) is 5.91 Å². The molecule has 9 nitrogen and oxygen atoms in total. The second kappa shape index (κ2) is 9.91. The molecule has 2 aromatic carbocycles. The predicted molar refractivity (Wildman–Crippen MR) is 120 cm³/mol. The molecule has 2 aliphatic rings. The van der Waals surface area contributed by atoms with Crippen LogP contribution in [0.5, 0.6) is 5.75 Å². The second-order valence-corrected chi connectivity index (χ2v) is 8.27. The Balaban J connectivity index is 1.44. The molecule has 0 saturated carbocycles. The minimum absolute atomic E-state index is 0.0706. The Morgan fingerprint density at radius 1 is 1.15 bits per heavy atom. The van der Waals surface area contributed by atoms with Crippen LogP contribution in [0.25, 0.3) is 0 Å². The van der Waals surface area contributed by atoms with Gasteiger partial charge in [-0.2, -0.15) is 0 Å². The van der Waals surface area contributed by atoms with Crippen molar-refractivity contribution in [2.75, 3.05) is 19.0 Å². The van der Waals surface area contributed by atoms with E-state index in [-0.39, 0.29) is 31.0 Å². The zero-order chi connectivity index (χ0) is 23.4. The lowest BCUT2D eigenvalue weighted by atomic mass is 9.94. The summed E-state index contributed by atoms with van der Waals surface area (Å²) in [6.45, 7) is 0.587. The quantitative estimate of drug-likeness (QED) is 0.641. The number of amides is 3. The number of nitrogens with one attached hydrogen (secondary N) is 2. The zero-order valence-electron chi connectivity index (χ0n) is 18.3. The molecule has 9 heteroatoms. The number of fused-ring (bicyclic) bond motifs is 2. The molecular formula is C24H27N3O6. The first-order chi connectivity index (χ1) is 15.9. The van der Waals surface area contributed by atoms with E-state index >= 15 is 0 Å². The minimum Gasteiger partial charge on any atom is -0.490 e. The number of carbonyl (C=O) groups is 3. The number of likely N-dealkylation sites (N-methyl/N-ethyl adjacent to an activating group) is 1. The number of anilines is 1. The van der Waals surface area contributed by atoms with Crippen molar-refractivity contribution >= 4 is 23.6 Å². The van der Waals surface area contributed by atoms with Crippen LogP contribution in [-0.2, 0) is 16.1 Å². The topological polar surface area (TPSA) is 117 Å². The number of ether oxygens (including phenoxy) is 2. The van der Waals surface area contributed by atoms with Crippen LogP contribution < -0.4 is 15.4 Å². The molecule has 1 saturated heterocycles. The molecule has 0 bridgehead atoms. The number of hydrogen-bond donors (Lipinski definition) is 3. The molecular weight excluding hydrogens is 426 g/mol. The van der Waals surface area contributed by atoms with Gasteiger partial charge < -0.3 is 30.1 Å². The minimum atomic E-state index is -0.909. The first kappa shape index (κ1) is 22.6. The molecule has 0 unspecified atom stereocenters. The van der Waals surface area contributed by atoms with Crippen LogP contribution in [0.4, 0.5) is 10.5 Å². The summed E-state index contributed by atoms with van der Waals surface area (Å²) >= 11 is 0. The largest absolute Gasteiger partial charge is 0.490 e. The maximum atomic E-state index is 13.2. The molecule has 0 radical (unpaired) electrons.